The Morgan fingerprint density at radius 3 is 0.966 bits per heavy atom. The molecule has 0 aromatic heterocycles. The number of hydrogen-bond acceptors (Lipinski definition) is 2. The van der Waals surface area contributed by atoms with Crippen molar-refractivity contribution >= 4 is 5.97 Å². The third-order valence-electron chi connectivity index (χ3n) is 5.28. The number of rotatable bonds is 22. The summed E-state index contributed by atoms with van der Waals surface area (Å²) in [5.74, 6) is -0.833. The number of unbranched alkanes of at least 4 members (excludes halogenated alkanes) is 18. The van der Waals surface area contributed by atoms with Gasteiger partial charge in [0.15, 0.2) is 0 Å². The number of ether oxygens (including phenoxy) is 1. The van der Waals surface area contributed by atoms with Crippen LogP contribution in [0.5, 0.6) is 0 Å². The largest absolute Gasteiger partial charge is 0.481 e. The van der Waals surface area contributed by atoms with Crippen LogP contribution in [-0.2, 0) is 9.53 Å². The zero-order valence-electron chi connectivity index (χ0n) is 20.3. The van der Waals surface area contributed by atoms with Gasteiger partial charge in [-0.15, -0.1) is 0 Å². The highest BCUT2D eigenvalue weighted by Crippen LogP contribution is 2.12. The molecule has 1 N–H and O–H groups in total. The predicted octanol–water partition coefficient (Wildman–Crippen LogP) is 8.94. The van der Waals surface area contributed by atoms with Crippen molar-refractivity contribution in [1.29, 1.82) is 0 Å². The molecule has 0 aromatic rings. The Morgan fingerprint density at radius 2 is 0.724 bits per heavy atom. The molecule has 0 aliphatic heterocycles. The average Bonchev–Trinajstić information content (AvgIpc) is 2.69. The van der Waals surface area contributed by atoms with Crippen LogP contribution >= 0.6 is 0 Å². The van der Waals surface area contributed by atoms with E-state index in [1.165, 1.54) is 128 Å². The fourth-order valence-corrected chi connectivity index (χ4v) is 3.49. The van der Waals surface area contributed by atoms with E-state index in [1.54, 1.807) is 0 Å². The molecule has 0 aromatic carbocycles. The Hall–Kier alpha value is -0.570. The van der Waals surface area contributed by atoms with Crippen molar-refractivity contribution in [2.24, 2.45) is 0 Å². The Morgan fingerprint density at radius 1 is 0.517 bits per heavy atom. The Balaban J connectivity index is 0. The molecule has 0 heterocycles. The quantitative estimate of drug-likeness (QED) is 0.180. The maximum absolute atomic E-state index is 9.00. The molecule has 0 rings (SSSR count). The summed E-state index contributed by atoms with van der Waals surface area (Å²) in [6.07, 6.45) is 28.2. The lowest BCUT2D eigenvalue weighted by atomic mass is 10.1. The Kier molecular flexibility index (Phi) is 31.3. The van der Waals surface area contributed by atoms with Crippen molar-refractivity contribution in [2.75, 3.05) is 13.2 Å². The molecule has 3 heteroatoms. The van der Waals surface area contributed by atoms with Crippen molar-refractivity contribution in [3.63, 3.8) is 0 Å². The minimum Gasteiger partial charge on any atom is -0.481 e. The van der Waals surface area contributed by atoms with Gasteiger partial charge in [-0.3, -0.25) is 4.79 Å². The van der Waals surface area contributed by atoms with Crippen molar-refractivity contribution < 1.29 is 14.6 Å². The molecule has 0 amide bonds. The lowest BCUT2D eigenvalue weighted by molar-refractivity contribution is -0.134. The first kappa shape index (κ1) is 30.6. The molecule has 0 saturated heterocycles. The van der Waals surface area contributed by atoms with Gasteiger partial charge in [0.1, 0.15) is 0 Å². The van der Waals surface area contributed by atoms with Crippen LogP contribution in [0.25, 0.3) is 0 Å². The van der Waals surface area contributed by atoms with E-state index in [4.69, 9.17) is 14.6 Å². The first-order chi connectivity index (χ1) is 14.1. The second kappa shape index (κ2) is 29.6. The van der Waals surface area contributed by atoms with Gasteiger partial charge in [0, 0.05) is 20.1 Å². The van der Waals surface area contributed by atoms with Gasteiger partial charge in [-0.2, -0.15) is 0 Å². The maximum Gasteiger partial charge on any atom is 0.300 e. The van der Waals surface area contributed by atoms with Crippen LogP contribution in [0.15, 0.2) is 0 Å². The third-order valence-corrected chi connectivity index (χ3v) is 5.28. The van der Waals surface area contributed by atoms with E-state index in [-0.39, 0.29) is 0 Å². The van der Waals surface area contributed by atoms with E-state index in [2.05, 4.69) is 13.8 Å². The van der Waals surface area contributed by atoms with Gasteiger partial charge in [-0.05, 0) is 12.8 Å². The van der Waals surface area contributed by atoms with Gasteiger partial charge in [0.2, 0.25) is 0 Å². The molecule has 0 atom stereocenters. The highest BCUT2D eigenvalue weighted by molar-refractivity contribution is 5.62. The SMILES string of the molecule is CC(=O)O.CCCCCCCCCCCCOCCCCCCCCCCCC. The molecule has 0 spiro atoms. The standard InChI is InChI=1S/C24H50O.C2H4O2/c1-3-5-7-9-11-13-15-17-19-21-23-25-24-22-20-18-16-14-12-10-8-6-4-2;1-2(3)4/h3-24H2,1-2H3;1H3,(H,3,4). The summed E-state index contributed by atoms with van der Waals surface area (Å²) >= 11 is 0. The van der Waals surface area contributed by atoms with Gasteiger partial charge in [-0.1, -0.05) is 129 Å². The topological polar surface area (TPSA) is 46.5 Å². The van der Waals surface area contributed by atoms with E-state index in [0.717, 1.165) is 20.1 Å². The van der Waals surface area contributed by atoms with Crippen LogP contribution < -0.4 is 0 Å². The van der Waals surface area contributed by atoms with Gasteiger partial charge in [0.05, 0.1) is 0 Å². The first-order valence-electron chi connectivity index (χ1n) is 12.9. The van der Waals surface area contributed by atoms with Crippen LogP contribution in [0.3, 0.4) is 0 Å². The molecule has 0 aliphatic rings. The monoisotopic (exact) mass is 414 g/mol. The van der Waals surface area contributed by atoms with Gasteiger partial charge in [0.25, 0.3) is 5.97 Å². The van der Waals surface area contributed by atoms with Crippen molar-refractivity contribution in [3.05, 3.63) is 0 Å². The molecule has 176 valence electrons. The zero-order chi connectivity index (χ0) is 21.8. The van der Waals surface area contributed by atoms with Crippen LogP contribution in [0.4, 0.5) is 0 Å². The Bertz CT molecular complexity index is 266. The summed E-state index contributed by atoms with van der Waals surface area (Å²) in [6, 6.07) is 0. The molecular formula is C26H54O3. The van der Waals surface area contributed by atoms with Crippen LogP contribution in [0.2, 0.25) is 0 Å². The van der Waals surface area contributed by atoms with Gasteiger partial charge >= 0.3 is 0 Å². The molecule has 0 radical (unpaired) electrons. The molecule has 0 unspecified atom stereocenters. The first-order valence-corrected chi connectivity index (χ1v) is 12.9. The van der Waals surface area contributed by atoms with Gasteiger partial charge < -0.3 is 9.84 Å². The average molecular weight is 415 g/mol. The van der Waals surface area contributed by atoms with Crippen molar-refractivity contribution in [1.82, 2.24) is 0 Å². The molecular weight excluding hydrogens is 360 g/mol. The highest BCUT2D eigenvalue weighted by Gasteiger charge is 1.95. The summed E-state index contributed by atoms with van der Waals surface area (Å²) in [7, 11) is 0. The van der Waals surface area contributed by atoms with E-state index in [1.807, 2.05) is 0 Å². The second-order valence-electron chi connectivity index (χ2n) is 8.50. The highest BCUT2D eigenvalue weighted by atomic mass is 16.5. The Labute approximate surface area is 183 Å². The normalized spacial score (nSPS) is 10.6. The summed E-state index contributed by atoms with van der Waals surface area (Å²) in [4.78, 5) is 9.00. The van der Waals surface area contributed by atoms with Crippen LogP contribution in [0, 0.1) is 0 Å². The fourth-order valence-electron chi connectivity index (χ4n) is 3.49. The number of carboxylic acid groups (broad SMARTS) is 1. The minimum absolute atomic E-state index is 0.833. The molecule has 0 bridgehead atoms. The van der Waals surface area contributed by atoms with Gasteiger partial charge in [-0.25, -0.2) is 0 Å². The van der Waals surface area contributed by atoms with E-state index in [9.17, 15) is 0 Å². The van der Waals surface area contributed by atoms with E-state index >= 15 is 0 Å². The summed E-state index contributed by atoms with van der Waals surface area (Å²) in [6.45, 7) is 7.65. The lowest BCUT2D eigenvalue weighted by Crippen LogP contribution is -1.97. The van der Waals surface area contributed by atoms with E-state index in [0.29, 0.717) is 0 Å². The second-order valence-corrected chi connectivity index (χ2v) is 8.50. The zero-order valence-corrected chi connectivity index (χ0v) is 20.3. The summed E-state index contributed by atoms with van der Waals surface area (Å²) < 4.78 is 5.78. The molecule has 29 heavy (non-hydrogen) atoms. The molecule has 0 saturated carbocycles. The van der Waals surface area contributed by atoms with Crippen LogP contribution in [-0.4, -0.2) is 24.3 Å². The summed E-state index contributed by atoms with van der Waals surface area (Å²) in [5, 5.41) is 7.42. The molecule has 3 nitrogen and oxygen atoms in total. The van der Waals surface area contributed by atoms with E-state index < -0.39 is 5.97 Å². The maximum atomic E-state index is 9.00. The van der Waals surface area contributed by atoms with Crippen LogP contribution in [0.1, 0.15) is 149 Å². The summed E-state index contributed by atoms with van der Waals surface area (Å²) in [5.41, 5.74) is 0. The number of carbonyl (C=O) groups is 1. The fraction of sp³-hybridized carbons (Fsp3) is 0.962. The smallest absolute Gasteiger partial charge is 0.300 e. The molecule has 0 fully saturated rings. The minimum atomic E-state index is -0.833. The number of aliphatic carboxylic acids is 1. The molecule has 0 aliphatic carbocycles. The third kappa shape index (κ3) is 38.6. The van der Waals surface area contributed by atoms with Crippen molar-refractivity contribution in [3.8, 4) is 0 Å². The lowest BCUT2D eigenvalue weighted by Gasteiger charge is -2.05. The number of carboxylic acids is 1. The predicted molar refractivity (Wildman–Crippen MR) is 128 cm³/mol. The van der Waals surface area contributed by atoms with Crippen molar-refractivity contribution in [2.45, 2.75) is 149 Å². The number of hydrogen-bond donors (Lipinski definition) is 1.